The van der Waals surface area contributed by atoms with E-state index in [1.54, 1.807) is 19.2 Å². The van der Waals surface area contributed by atoms with Crippen LogP contribution in [0.4, 0.5) is 5.69 Å². The number of rotatable bonds is 6. The molecule has 0 unspecified atom stereocenters. The van der Waals surface area contributed by atoms with Crippen LogP contribution in [0.1, 0.15) is 11.1 Å². The van der Waals surface area contributed by atoms with Crippen molar-refractivity contribution in [3.63, 3.8) is 0 Å². The number of carbonyl (C=O) groups is 1. The number of benzene rings is 2. The molecule has 7 heteroatoms. The largest absolute Gasteiger partial charge is 0.496 e. The lowest BCUT2D eigenvalue weighted by atomic mass is 10.1. The van der Waals surface area contributed by atoms with Crippen LogP contribution < -0.4 is 10.1 Å². The van der Waals surface area contributed by atoms with Gasteiger partial charge in [0.05, 0.1) is 18.4 Å². The van der Waals surface area contributed by atoms with Gasteiger partial charge in [-0.2, -0.15) is 0 Å². The summed E-state index contributed by atoms with van der Waals surface area (Å²) in [5.41, 5.74) is 2.25. The maximum absolute atomic E-state index is 12.2. The first-order chi connectivity index (χ1) is 11.7. The lowest BCUT2D eigenvalue weighted by Crippen LogP contribution is -2.22. The van der Waals surface area contributed by atoms with Crippen molar-refractivity contribution in [3.8, 4) is 5.75 Å². The standard InChI is InChI=1S/C18H22N2O4S/c1-13-8-9-14(10-17(13)24-4)11-18(21)19-15-6-5-7-16(12-15)25(22,23)20(2)3/h5-10,12H,11H2,1-4H3,(H,19,21). The number of nitrogens with zero attached hydrogens (tertiary/aromatic N) is 1. The SMILES string of the molecule is COc1cc(CC(=O)Nc2cccc(S(=O)(=O)N(C)C)c2)ccc1C. The van der Waals surface area contributed by atoms with E-state index in [-0.39, 0.29) is 17.2 Å². The van der Waals surface area contributed by atoms with Gasteiger partial charge in [-0.1, -0.05) is 18.2 Å². The van der Waals surface area contributed by atoms with Gasteiger partial charge in [0.1, 0.15) is 5.75 Å². The van der Waals surface area contributed by atoms with E-state index < -0.39 is 10.0 Å². The Labute approximate surface area is 148 Å². The Morgan fingerprint density at radius 3 is 2.52 bits per heavy atom. The van der Waals surface area contributed by atoms with Crippen LogP contribution in [-0.4, -0.2) is 39.8 Å². The van der Waals surface area contributed by atoms with E-state index in [4.69, 9.17) is 4.74 Å². The Bertz CT molecular complexity index is 876. The summed E-state index contributed by atoms with van der Waals surface area (Å²) in [6.07, 6.45) is 0.168. The number of methoxy groups -OCH3 is 1. The van der Waals surface area contributed by atoms with E-state index in [9.17, 15) is 13.2 Å². The highest BCUT2D eigenvalue weighted by atomic mass is 32.2. The highest BCUT2D eigenvalue weighted by Crippen LogP contribution is 2.21. The fourth-order valence-corrected chi connectivity index (χ4v) is 3.26. The van der Waals surface area contributed by atoms with Gasteiger partial charge >= 0.3 is 0 Å². The molecular weight excluding hydrogens is 340 g/mol. The minimum atomic E-state index is -3.54. The number of carbonyl (C=O) groups excluding carboxylic acids is 1. The van der Waals surface area contributed by atoms with Crippen molar-refractivity contribution in [2.24, 2.45) is 0 Å². The Kier molecular flexibility index (Phi) is 5.81. The van der Waals surface area contributed by atoms with Gasteiger partial charge in [0.25, 0.3) is 0 Å². The quantitative estimate of drug-likeness (QED) is 0.856. The number of hydrogen-bond donors (Lipinski definition) is 1. The summed E-state index contributed by atoms with van der Waals surface area (Å²) in [6.45, 7) is 1.93. The molecule has 2 aromatic carbocycles. The van der Waals surface area contributed by atoms with Crippen LogP contribution in [0.5, 0.6) is 5.75 Å². The predicted octanol–water partition coefficient (Wildman–Crippen LogP) is 2.44. The van der Waals surface area contributed by atoms with Gasteiger partial charge in [0.2, 0.25) is 15.9 Å². The van der Waals surface area contributed by atoms with Gasteiger partial charge in [-0.05, 0) is 42.3 Å². The van der Waals surface area contributed by atoms with Gasteiger partial charge in [-0.3, -0.25) is 4.79 Å². The fraction of sp³-hybridized carbons (Fsp3) is 0.278. The molecular formula is C18H22N2O4S. The minimum absolute atomic E-state index is 0.132. The second kappa shape index (κ2) is 7.67. The number of nitrogens with one attached hydrogen (secondary N) is 1. The van der Waals surface area contributed by atoms with E-state index in [1.807, 2.05) is 25.1 Å². The van der Waals surface area contributed by atoms with Gasteiger partial charge < -0.3 is 10.1 Å². The van der Waals surface area contributed by atoms with Crippen LogP contribution in [0, 0.1) is 6.92 Å². The molecule has 0 heterocycles. The molecule has 0 aliphatic heterocycles. The van der Waals surface area contributed by atoms with Crippen molar-refractivity contribution in [1.29, 1.82) is 0 Å². The molecule has 2 aromatic rings. The summed E-state index contributed by atoms with van der Waals surface area (Å²) in [5.74, 6) is 0.495. The molecule has 0 radical (unpaired) electrons. The van der Waals surface area contributed by atoms with E-state index >= 15 is 0 Å². The smallest absolute Gasteiger partial charge is 0.242 e. The number of anilines is 1. The molecule has 0 saturated carbocycles. The van der Waals surface area contributed by atoms with E-state index in [2.05, 4.69) is 5.32 Å². The minimum Gasteiger partial charge on any atom is -0.496 e. The molecule has 0 aliphatic carbocycles. The van der Waals surface area contributed by atoms with Crippen molar-refractivity contribution >= 4 is 21.6 Å². The highest BCUT2D eigenvalue weighted by molar-refractivity contribution is 7.89. The first-order valence-corrected chi connectivity index (χ1v) is 9.14. The molecule has 0 atom stereocenters. The average Bonchev–Trinajstić information content (AvgIpc) is 2.56. The molecule has 0 bridgehead atoms. The summed E-state index contributed by atoms with van der Waals surface area (Å²) in [7, 11) is 0.971. The lowest BCUT2D eigenvalue weighted by molar-refractivity contribution is -0.115. The lowest BCUT2D eigenvalue weighted by Gasteiger charge is -2.13. The second-order valence-corrected chi connectivity index (χ2v) is 8.00. The third kappa shape index (κ3) is 4.58. The first kappa shape index (κ1) is 19.0. The van der Waals surface area contributed by atoms with Crippen LogP contribution in [0.3, 0.4) is 0 Å². The van der Waals surface area contributed by atoms with Crippen molar-refractivity contribution in [3.05, 3.63) is 53.6 Å². The zero-order valence-corrected chi connectivity index (χ0v) is 15.6. The zero-order valence-electron chi connectivity index (χ0n) is 14.7. The fourth-order valence-electron chi connectivity index (χ4n) is 2.31. The summed E-state index contributed by atoms with van der Waals surface area (Å²) in [4.78, 5) is 12.4. The Morgan fingerprint density at radius 2 is 1.88 bits per heavy atom. The summed E-state index contributed by atoms with van der Waals surface area (Å²) in [6, 6.07) is 11.8. The van der Waals surface area contributed by atoms with Crippen molar-refractivity contribution in [1.82, 2.24) is 4.31 Å². The van der Waals surface area contributed by atoms with Crippen LogP contribution in [0.2, 0.25) is 0 Å². The van der Waals surface area contributed by atoms with Gasteiger partial charge in [0.15, 0.2) is 0 Å². The molecule has 6 nitrogen and oxygen atoms in total. The normalized spacial score (nSPS) is 11.4. The molecule has 2 rings (SSSR count). The Balaban J connectivity index is 2.14. The maximum Gasteiger partial charge on any atom is 0.242 e. The topological polar surface area (TPSA) is 75.7 Å². The predicted molar refractivity (Wildman–Crippen MR) is 97.4 cm³/mol. The van der Waals surface area contributed by atoms with Gasteiger partial charge in [-0.25, -0.2) is 12.7 Å². The molecule has 0 aliphatic rings. The van der Waals surface area contributed by atoms with E-state index in [1.165, 1.54) is 26.2 Å². The molecule has 0 fully saturated rings. The molecule has 0 aromatic heterocycles. The maximum atomic E-state index is 12.2. The summed E-state index contributed by atoms with van der Waals surface area (Å²) >= 11 is 0. The molecule has 1 amide bonds. The molecule has 1 N–H and O–H groups in total. The van der Waals surface area contributed by atoms with Crippen LogP contribution in [0.15, 0.2) is 47.4 Å². The van der Waals surface area contributed by atoms with E-state index in [0.29, 0.717) is 5.69 Å². The van der Waals surface area contributed by atoms with Crippen LogP contribution in [-0.2, 0) is 21.2 Å². The Hall–Kier alpha value is -2.38. The van der Waals surface area contributed by atoms with Crippen molar-refractivity contribution in [2.45, 2.75) is 18.2 Å². The molecule has 25 heavy (non-hydrogen) atoms. The van der Waals surface area contributed by atoms with Crippen LogP contribution in [0.25, 0.3) is 0 Å². The number of ether oxygens (including phenoxy) is 1. The van der Waals surface area contributed by atoms with Crippen LogP contribution >= 0.6 is 0 Å². The third-order valence-corrected chi connectivity index (χ3v) is 5.54. The molecule has 0 saturated heterocycles. The highest BCUT2D eigenvalue weighted by Gasteiger charge is 2.17. The summed E-state index contributed by atoms with van der Waals surface area (Å²) < 4.78 is 30.7. The van der Waals surface area contributed by atoms with Crippen molar-refractivity contribution < 1.29 is 17.9 Å². The number of amides is 1. The number of aryl methyl sites for hydroxylation is 1. The Morgan fingerprint density at radius 1 is 1.16 bits per heavy atom. The molecule has 0 spiro atoms. The average molecular weight is 362 g/mol. The first-order valence-electron chi connectivity index (χ1n) is 7.70. The van der Waals surface area contributed by atoms with E-state index in [0.717, 1.165) is 21.2 Å². The monoisotopic (exact) mass is 362 g/mol. The molecule has 134 valence electrons. The van der Waals surface area contributed by atoms with Gasteiger partial charge in [0, 0.05) is 19.8 Å². The van der Waals surface area contributed by atoms with Crippen molar-refractivity contribution in [2.75, 3.05) is 26.5 Å². The van der Waals surface area contributed by atoms with Gasteiger partial charge in [-0.15, -0.1) is 0 Å². The second-order valence-electron chi connectivity index (χ2n) is 5.84. The summed E-state index contributed by atoms with van der Waals surface area (Å²) in [5, 5.41) is 2.73. The number of hydrogen-bond acceptors (Lipinski definition) is 4. The number of sulfonamides is 1. The zero-order chi connectivity index (χ0) is 18.6. The third-order valence-electron chi connectivity index (χ3n) is 3.73.